The van der Waals surface area contributed by atoms with Crippen molar-refractivity contribution in [1.82, 2.24) is 5.32 Å². The summed E-state index contributed by atoms with van der Waals surface area (Å²) in [5.41, 5.74) is 1.20. The van der Waals surface area contributed by atoms with Gasteiger partial charge in [0.2, 0.25) is 0 Å². The van der Waals surface area contributed by atoms with Crippen molar-refractivity contribution in [1.29, 1.82) is 0 Å². The van der Waals surface area contributed by atoms with Crippen LogP contribution in [-0.2, 0) is 0 Å². The van der Waals surface area contributed by atoms with E-state index >= 15 is 0 Å². The van der Waals surface area contributed by atoms with E-state index in [1.807, 2.05) is 12.1 Å². The van der Waals surface area contributed by atoms with Gasteiger partial charge in [0.25, 0.3) is 0 Å². The highest BCUT2D eigenvalue weighted by molar-refractivity contribution is 5.43. The zero-order valence-electron chi connectivity index (χ0n) is 13.3. The van der Waals surface area contributed by atoms with Crippen molar-refractivity contribution in [3.63, 3.8) is 0 Å². The van der Waals surface area contributed by atoms with Gasteiger partial charge < -0.3 is 19.9 Å². The topological polar surface area (TPSA) is 50.7 Å². The predicted molar refractivity (Wildman–Crippen MR) is 83.9 cm³/mol. The summed E-state index contributed by atoms with van der Waals surface area (Å²) in [6.07, 6.45) is 4.04. The van der Waals surface area contributed by atoms with Crippen LogP contribution < -0.4 is 14.8 Å². The predicted octanol–water partition coefficient (Wildman–Crippen LogP) is 2.91. The first kappa shape index (κ1) is 16.1. The third-order valence-corrected chi connectivity index (χ3v) is 4.44. The van der Waals surface area contributed by atoms with E-state index in [0.717, 1.165) is 43.7 Å². The van der Waals surface area contributed by atoms with Crippen molar-refractivity contribution in [2.45, 2.75) is 44.8 Å². The molecule has 2 N–H and O–H groups in total. The van der Waals surface area contributed by atoms with Crippen LogP contribution in [0.5, 0.6) is 11.5 Å². The molecule has 1 atom stereocenters. The van der Waals surface area contributed by atoms with Gasteiger partial charge in [0.15, 0.2) is 11.5 Å². The van der Waals surface area contributed by atoms with Crippen LogP contribution in [0.25, 0.3) is 0 Å². The third kappa shape index (κ3) is 4.35. The molecule has 0 amide bonds. The first-order chi connectivity index (χ1) is 10.1. The molecule has 118 valence electrons. The van der Waals surface area contributed by atoms with E-state index in [2.05, 4.69) is 18.3 Å². The first-order valence-corrected chi connectivity index (χ1v) is 7.77. The monoisotopic (exact) mass is 293 g/mol. The second-order valence-electron chi connectivity index (χ2n) is 5.92. The third-order valence-electron chi connectivity index (χ3n) is 4.44. The summed E-state index contributed by atoms with van der Waals surface area (Å²) in [5.74, 6) is 2.20. The van der Waals surface area contributed by atoms with Crippen LogP contribution in [0.2, 0.25) is 0 Å². The molecule has 0 aromatic heterocycles. The summed E-state index contributed by atoms with van der Waals surface area (Å²) >= 11 is 0. The second-order valence-corrected chi connectivity index (χ2v) is 5.92. The normalized spacial score (nSPS) is 23.6. The lowest BCUT2D eigenvalue weighted by molar-refractivity contribution is 0.108. The fourth-order valence-corrected chi connectivity index (χ4v) is 2.93. The Morgan fingerprint density at radius 3 is 2.43 bits per heavy atom. The molecule has 2 rings (SSSR count). The van der Waals surface area contributed by atoms with Crippen molar-refractivity contribution in [2.75, 3.05) is 20.8 Å². The van der Waals surface area contributed by atoms with E-state index in [0.29, 0.717) is 5.92 Å². The van der Waals surface area contributed by atoms with Gasteiger partial charge in [-0.1, -0.05) is 6.07 Å². The van der Waals surface area contributed by atoms with Crippen molar-refractivity contribution in [2.24, 2.45) is 5.92 Å². The van der Waals surface area contributed by atoms with Crippen LogP contribution in [0.15, 0.2) is 18.2 Å². The molecule has 1 aliphatic rings. The molecule has 0 heterocycles. The lowest BCUT2D eigenvalue weighted by atomic mass is 9.87. The molecular formula is C17H27NO3. The van der Waals surface area contributed by atoms with Gasteiger partial charge in [-0.05, 0) is 62.8 Å². The average Bonchev–Trinajstić information content (AvgIpc) is 2.53. The number of hydrogen-bond acceptors (Lipinski definition) is 4. The SMILES string of the molecule is COc1ccc(C(C)NCC2CCC(O)CC2)cc1OC. The average molecular weight is 293 g/mol. The Bertz CT molecular complexity index is 442. The fraction of sp³-hybridized carbons (Fsp3) is 0.647. The van der Waals surface area contributed by atoms with Crippen LogP contribution in [0.1, 0.15) is 44.2 Å². The highest BCUT2D eigenvalue weighted by Crippen LogP contribution is 2.30. The number of benzene rings is 1. The van der Waals surface area contributed by atoms with E-state index in [-0.39, 0.29) is 12.1 Å². The summed E-state index contributed by atoms with van der Waals surface area (Å²) in [7, 11) is 3.31. The summed E-state index contributed by atoms with van der Waals surface area (Å²) in [6, 6.07) is 6.32. The van der Waals surface area contributed by atoms with Gasteiger partial charge in [-0.25, -0.2) is 0 Å². The standard InChI is InChI=1S/C17H27NO3/c1-12(18-11-13-4-7-15(19)8-5-13)14-6-9-16(20-2)17(10-14)21-3/h6,9-10,12-13,15,18-19H,4-5,7-8,11H2,1-3H3. The van der Waals surface area contributed by atoms with Gasteiger partial charge in [-0.15, -0.1) is 0 Å². The van der Waals surface area contributed by atoms with E-state index in [9.17, 15) is 5.11 Å². The van der Waals surface area contributed by atoms with Gasteiger partial charge in [0, 0.05) is 6.04 Å². The molecule has 1 aliphatic carbocycles. The lowest BCUT2D eigenvalue weighted by Crippen LogP contribution is -2.29. The number of methoxy groups -OCH3 is 2. The smallest absolute Gasteiger partial charge is 0.161 e. The minimum atomic E-state index is -0.0791. The summed E-state index contributed by atoms with van der Waals surface area (Å²) in [4.78, 5) is 0. The maximum absolute atomic E-state index is 9.54. The maximum atomic E-state index is 9.54. The molecule has 4 heteroatoms. The number of aliphatic hydroxyl groups excluding tert-OH is 1. The van der Waals surface area contributed by atoms with Crippen molar-refractivity contribution < 1.29 is 14.6 Å². The molecular weight excluding hydrogens is 266 g/mol. The molecule has 21 heavy (non-hydrogen) atoms. The highest BCUT2D eigenvalue weighted by atomic mass is 16.5. The van der Waals surface area contributed by atoms with Crippen LogP contribution in [-0.4, -0.2) is 32.0 Å². The van der Waals surface area contributed by atoms with Gasteiger partial charge in [-0.2, -0.15) is 0 Å². The number of nitrogens with one attached hydrogen (secondary N) is 1. The van der Waals surface area contributed by atoms with Gasteiger partial charge in [-0.3, -0.25) is 0 Å². The van der Waals surface area contributed by atoms with Crippen LogP contribution >= 0.6 is 0 Å². The Morgan fingerprint density at radius 2 is 1.81 bits per heavy atom. The zero-order chi connectivity index (χ0) is 15.2. The molecule has 1 aromatic rings. The minimum Gasteiger partial charge on any atom is -0.493 e. The molecule has 0 bridgehead atoms. The van der Waals surface area contributed by atoms with E-state index in [1.54, 1.807) is 14.2 Å². The first-order valence-electron chi connectivity index (χ1n) is 7.77. The quantitative estimate of drug-likeness (QED) is 0.847. The molecule has 1 fully saturated rings. The van der Waals surface area contributed by atoms with E-state index in [1.165, 1.54) is 5.56 Å². The summed E-state index contributed by atoms with van der Waals surface area (Å²) < 4.78 is 10.6. The summed E-state index contributed by atoms with van der Waals surface area (Å²) in [5, 5.41) is 13.1. The Balaban J connectivity index is 1.89. The van der Waals surface area contributed by atoms with Crippen molar-refractivity contribution in [3.05, 3.63) is 23.8 Å². The Hall–Kier alpha value is -1.26. The fourth-order valence-electron chi connectivity index (χ4n) is 2.93. The minimum absolute atomic E-state index is 0.0791. The number of ether oxygens (including phenoxy) is 2. The van der Waals surface area contributed by atoms with Gasteiger partial charge >= 0.3 is 0 Å². The van der Waals surface area contributed by atoms with Gasteiger partial charge in [0.1, 0.15) is 0 Å². The Morgan fingerprint density at radius 1 is 1.14 bits per heavy atom. The molecule has 1 aromatic carbocycles. The second kappa shape index (κ2) is 7.66. The molecule has 4 nitrogen and oxygen atoms in total. The number of aliphatic hydroxyl groups is 1. The molecule has 0 spiro atoms. The Labute approximate surface area is 127 Å². The Kier molecular flexibility index (Phi) is 5.88. The van der Waals surface area contributed by atoms with Gasteiger partial charge in [0.05, 0.1) is 20.3 Å². The molecule has 1 saturated carbocycles. The van der Waals surface area contributed by atoms with Crippen LogP contribution in [0.4, 0.5) is 0 Å². The van der Waals surface area contributed by atoms with E-state index < -0.39 is 0 Å². The lowest BCUT2D eigenvalue weighted by Gasteiger charge is -2.27. The molecule has 1 unspecified atom stereocenters. The van der Waals surface area contributed by atoms with Crippen LogP contribution in [0, 0.1) is 5.92 Å². The van der Waals surface area contributed by atoms with Crippen LogP contribution in [0.3, 0.4) is 0 Å². The van der Waals surface area contributed by atoms with Crippen molar-refractivity contribution >= 4 is 0 Å². The van der Waals surface area contributed by atoms with Crippen molar-refractivity contribution in [3.8, 4) is 11.5 Å². The largest absolute Gasteiger partial charge is 0.493 e. The van der Waals surface area contributed by atoms with E-state index in [4.69, 9.17) is 9.47 Å². The highest BCUT2D eigenvalue weighted by Gasteiger charge is 2.20. The molecule has 0 radical (unpaired) electrons. The number of hydrogen-bond donors (Lipinski definition) is 2. The molecule has 0 aliphatic heterocycles. The molecule has 0 saturated heterocycles. The summed E-state index contributed by atoms with van der Waals surface area (Å²) in [6.45, 7) is 3.17. The maximum Gasteiger partial charge on any atom is 0.161 e. The number of rotatable bonds is 6. The zero-order valence-corrected chi connectivity index (χ0v) is 13.3.